The Morgan fingerprint density at radius 2 is 1.74 bits per heavy atom. The molecule has 2 saturated carbocycles. The van der Waals surface area contributed by atoms with E-state index in [0.29, 0.717) is 29.4 Å². The molecule has 7 heteroatoms. The summed E-state index contributed by atoms with van der Waals surface area (Å²) in [6.07, 6.45) is 7.88. The van der Waals surface area contributed by atoms with Gasteiger partial charge in [0, 0.05) is 17.7 Å². The summed E-state index contributed by atoms with van der Waals surface area (Å²) < 4.78 is 23.6. The molecular weight excluding hydrogens is 446 g/mol. The Labute approximate surface area is 206 Å². The first-order chi connectivity index (χ1) is 17.0. The van der Waals surface area contributed by atoms with E-state index in [4.69, 9.17) is 18.9 Å². The number of nitrogens with one attached hydrogen (secondary N) is 1. The summed E-state index contributed by atoms with van der Waals surface area (Å²) >= 11 is 0. The van der Waals surface area contributed by atoms with Gasteiger partial charge in [0.15, 0.2) is 11.5 Å². The number of carbonyl (C=O) groups is 2. The van der Waals surface area contributed by atoms with Crippen molar-refractivity contribution in [3.63, 3.8) is 0 Å². The number of hydrogen-bond acceptors (Lipinski definition) is 6. The largest absolute Gasteiger partial charge is 0.493 e. The average Bonchev–Trinajstić information content (AvgIpc) is 3.23. The van der Waals surface area contributed by atoms with Gasteiger partial charge in [-0.25, -0.2) is 0 Å². The minimum atomic E-state index is -0.628. The molecule has 1 aliphatic heterocycles. The van der Waals surface area contributed by atoms with Crippen molar-refractivity contribution in [1.29, 1.82) is 0 Å². The lowest BCUT2D eigenvalue weighted by molar-refractivity contribution is -0.171. The highest BCUT2D eigenvalue weighted by molar-refractivity contribution is 5.99. The van der Waals surface area contributed by atoms with Crippen LogP contribution in [0.2, 0.25) is 0 Å². The number of carbonyl (C=O) groups excluding carboxylic acids is 2. The molecule has 7 nitrogen and oxygen atoms in total. The monoisotopic (exact) mass is 479 g/mol. The summed E-state index contributed by atoms with van der Waals surface area (Å²) in [5.74, 6) is 1.37. The van der Waals surface area contributed by atoms with Crippen LogP contribution in [0.3, 0.4) is 0 Å². The van der Waals surface area contributed by atoms with Crippen molar-refractivity contribution in [2.45, 2.75) is 64.0 Å². The van der Waals surface area contributed by atoms with Crippen molar-refractivity contribution in [2.24, 2.45) is 5.41 Å². The fraction of sp³-hybridized carbons (Fsp3) is 0.500. The second-order valence-corrected chi connectivity index (χ2v) is 9.82. The first-order valence-corrected chi connectivity index (χ1v) is 12.5. The van der Waals surface area contributed by atoms with Crippen LogP contribution in [0.4, 0.5) is 0 Å². The minimum Gasteiger partial charge on any atom is -0.493 e. The maximum atomic E-state index is 13.2. The molecule has 35 heavy (non-hydrogen) atoms. The number of benzene rings is 2. The number of rotatable bonds is 8. The van der Waals surface area contributed by atoms with Gasteiger partial charge in [-0.2, -0.15) is 0 Å². The fourth-order valence-corrected chi connectivity index (χ4v) is 5.35. The van der Waals surface area contributed by atoms with Gasteiger partial charge in [-0.05, 0) is 73.9 Å². The minimum absolute atomic E-state index is 0.0263. The SMILES string of the molecule is COc1ccc(-c2ccc3c(c2)CNC3=O)c(OCC2(C(=O)OC3CCCCC3)CCC2)c1OC. The van der Waals surface area contributed by atoms with Crippen LogP contribution in [-0.4, -0.2) is 38.8 Å². The Kier molecular flexibility index (Phi) is 6.58. The molecule has 0 atom stereocenters. The molecule has 2 aromatic carbocycles. The number of methoxy groups -OCH3 is 2. The normalized spacial score (nSPS) is 18.7. The molecule has 0 bridgehead atoms. The molecule has 1 heterocycles. The first-order valence-electron chi connectivity index (χ1n) is 12.5. The zero-order chi connectivity index (χ0) is 24.4. The standard InChI is InChI=1S/C28H33NO6/c1-32-23-12-11-21(18-9-10-22-19(15-18)16-29-26(22)30)24(25(23)33-2)34-17-28(13-6-14-28)27(31)35-20-7-4-3-5-8-20/h9-12,15,20H,3-8,13-14,16-17H2,1-2H3,(H,29,30). The van der Waals surface area contributed by atoms with Gasteiger partial charge < -0.3 is 24.3 Å². The van der Waals surface area contributed by atoms with Crippen molar-refractivity contribution in [3.05, 3.63) is 41.5 Å². The Morgan fingerprint density at radius 3 is 2.43 bits per heavy atom. The predicted molar refractivity (Wildman–Crippen MR) is 131 cm³/mol. The second-order valence-electron chi connectivity index (χ2n) is 9.82. The molecule has 0 spiro atoms. The Hall–Kier alpha value is -3.22. The highest BCUT2D eigenvalue weighted by Gasteiger charge is 2.47. The van der Waals surface area contributed by atoms with Crippen molar-refractivity contribution >= 4 is 11.9 Å². The van der Waals surface area contributed by atoms with Crippen LogP contribution >= 0.6 is 0 Å². The second kappa shape index (κ2) is 9.80. The molecule has 2 aliphatic carbocycles. The molecule has 186 valence electrons. The number of amides is 1. The topological polar surface area (TPSA) is 83.1 Å². The van der Waals surface area contributed by atoms with Crippen LogP contribution < -0.4 is 19.5 Å². The summed E-state index contributed by atoms with van der Waals surface area (Å²) in [7, 11) is 3.17. The highest BCUT2D eigenvalue weighted by Crippen LogP contribution is 2.48. The molecule has 0 radical (unpaired) electrons. The maximum absolute atomic E-state index is 13.2. The van der Waals surface area contributed by atoms with E-state index >= 15 is 0 Å². The van der Waals surface area contributed by atoms with Crippen molar-refractivity contribution in [3.8, 4) is 28.4 Å². The maximum Gasteiger partial charge on any atom is 0.315 e. The smallest absolute Gasteiger partial charge is 0.315 e. The van der Waals surface area contributed by atoms with E-state index in [1.807, 2.05) is 30.3 Å². The van der Waals surface area contributed by atoms with Crippen LogP contribution in [0.15, 0.2) is 30.3 Å². The zero-order valence-electron chi connectivity index (χ0n) is 20.5. The van der Waals surface area contributed by atoms with E-state index in [2.05, 4.69) is 5.32 Å². The number of fused-ring (bicyclic) bond motifs is 1. The molecule has 3 aliphatic rings. The summed E-state index contributed by atoms with van der Waals surface area (Å²) in [6.45, 7) is 0.724. The Morgan fingerprint density at radius 1 is 0.971 bits per heavy atom. The van der Waals surface area contributed by atoms with Crippen molar-refractivity contribution < 1.29 is 28.5 Å². The molecule has 5 rings (SSSR count). The fourth-order valence-electron chi connectivity index (χ4n) is 5.35. The lowest BCUT2D eigenvalue weighted by Crippen LogP contribution is -2.45. The van der Waals surface area contributed by atoms with Crippen LogP contribution in [0.1, 0.15) is 67.3 Å². The average molecular weight is 480 g/mol. The van der Waals surface area contributed by atoms with Gasteiger partial charge in [0.05, 0.1) is 14.2 Å². The number of esters is 1. The zero-order valence-corrected chi connectivity index (χ0v) is 20.5. The molecule has 2 fully saturated rings. The van der Waals surface area contributed by atoms with Crippen molar-refractivity contribution in [2.75, 3.05) is 20.8 Å². The third-order valence-corrected chi connectivity index (χ3v) is 7.66. The molecule has 1 N–H and O–H groups in total. The first kappa shape index (κ1) is 23.5. The summed E-state index contributed by atoms with van der Waals surface area (Å²) in [5, 5.41) is 2.86. The van der Waals surface area contributed by atoms with E-state index in [9.17, 15) is 9.59 Å². The third kappa shape index (κ3) is 4.44. The Balaban J connectivity index is 1.43. The molecule has 0 unspecified atom stereocenters. The molecular formula is C28H33NO6. The van der Waals surface area contributed by atoms with E-state index in [-0.39, 0.29) is 24.6 Å². The van der Waals surface area contributed by atoms with Gasteiger partial charge in [0.2, 0.25) is 5.75 Å². The highest BCUT2D eigenvalue weighted by atomic mass is 16.6. The number of ether oxygens (including phenoxy) is 4. The molecule has 0 aromatic heterocycles. The van der Waals surface area contributed by atoms with Crippen molar-refractivity contribution in [1.82, 2.24) is 5.32 Å². The van der Waals surface area contributed by atoms with Gasteiger partial charge in [-0.15, -0.1) is 0 Å². The lowest BCUT2D eigenvalue weighted by atomic mass is 9.69. The quantitative estimate of drug-likeness (QED) is 0.534. The molecule has 2 aromatic rings. The van der Waals surface area contributed by atoms with E-state index < -0.39 is 5.41 Å². The number of hydrogen-bond donors (Lipinski definition) is 1. The van der Waals surface area contributed by atoms with Crippen LogP contribution in [0, 0.1) is 5.41 Å². The van der Waals surface area contributed by atoms with Gasteiger partial charge in [0.25, 0.3) is 5.91 Å². The predicted octanol–water partition coefficient (Wildman–Crippen LogP) is 5.04. The van der Waals surface area contributed by atoms with Gasteiger partial charge in [-0.1, -0.05) is 18.9 Å². The molecule has 1 amide bonds. The Bertz CT molecular complexity index is 1120. The van der Waals surface area contributed by atoms with Gasteiger partial charge >= 0.3 is 5.97 Å². The summed E-state index contributed by atoms with van der Waals surface area (Å²) in [5.41, 5.74) is 2.73. The van der Waals surface area contributed by atoms with E-state index in [0.717, 1.165) is 61.6 Å². The van der Waals surface area contributed by atoms with Crippen LogP contribution in [-0.2, 0) is 16.1 Å². The van der Waals surface area contributed by atoms with Crippen LogP contribution in [0.5, 0.6) is 17.2 Å². The molecule has 0 saturated heterocycles. The third-order valence-electron chi connectivity index (χ3n) is 7.66. The van der Waals surface area contributed by atoms with Gasteiger partial charge in [0.1, 0.15) is 18.1 Å². The van der Waals surface area contributed by atoms with Crippen LogP contribution in [0.25, 0.3) is 11.1 Å². The van der Waals surface area contributed by atoms with Gasteiger partial charge in [-0.3, -0.25) is 9.59 Å². The van der Waals surface area contributed by atoms with E-state index in [1.165, 1.54) is 6.42 Å². The summed E-state index contributed by atoms with van der Waals surface area (Å²) in [4.78, 5) is 25.2. The lowest BCUT2D eigenvalue weighted by Gasteiger charge is -2.40. The summed E-state index contributed by atoms with van der Waals surface area (Å²) in [6, 6.07) is 9.51. The van der Waals surface area contributed by atoms with E-state index in [1.54, 1.807) is 14.2 Å².